The van der Waals surface area contributed by atoms with Crippen LogP contribution in [-0.2, 0) is 4.74 Å². The summed E-state index contributed by atoms with van der Waals surface area (Å²) in [6.45, 7) is 3.81. The number of nitrogens with one attached hydrogen (secondary N) is 1. The minimum Gasteiger partial charge on any atom is -0.445 e. The fourth-order valence-electron chi connectivity index (χ4n) is 2.45. The van der Waals surface area contributed by atoms with Crippen molar-refractivity contribution in [3.8, 4) is 0 Å². The molecule has 0 spiro atoms. The summed E-state index contributed by atoms with van der Waals surface area (Å²) in [4.78, 5) is 17.5. The Morgan fingerprint density at radius 1 is 1.48 bits per heavy atom. The van der Waals surface area contributed by atoms with Crippen molar-refractivity contribution < 1.29 is 9.53 Å². The van der Waals surface area contributed by atoms with Crippen LogP contribution in [-0.4, -0.2) is 41.7 Å². The molecule has 3 rings (SSSR count). The molecular weight excluding hydrogens is 290 g/mol. The lowest BCUT2D eigenvalue weighted by Crippen LogP contribution is -2.30. The second kappa shape index (κ2) is 5.77. The molecule has 1 atom stereocenters. The average Bonchev–Trinajstić information content (AvgIpc) is 2.77. The van der Waals surface area contributed by atoms with Gasteiger partial charge in [-0.3, -0.25) is 4.98 Å². The van der Waals surface area contributed by atoms with Crippen LogP contribution in [0.3, 0.4) is 0 Å². The van der Waals surface area contributed by atoms with Gasteiger partial charge in [0.25, 0.3) is 0 Å². The van der Waals surface area contributed by atoms with Gasteiger partial charge in [-0.15, -0.1) is 0 Å². The van der Waals surface area contributed by atoms with E-state index in [-0.39, 0.29) is 12.2 Å². The number of anilines is 1. The monoisotopic (exact) mass is 305 g/mol. The highest BCUT2D eigenvalue weighted by molar-refractivity contribution is 6.31. The van der Waals surface area contributed by atoms with Gasteiger partial charge >= 0.3 is 6.09 Å². The summed E-state index contributed by atoms with van der Waals surface area (Å²) >= 11 is 5.97. The first kappa shape index (κ1) is 13.9. The molecule has 0 aliphatic carbocycles. The molecule has 110 valence electrons. The van der Waals surface area contributed by atoms with Gasteiger partial charge in [-0.1, -0.05) is 11.6 Å². The van der Waals surface area contributed by atoms with Crippen LogP contribution in [0.15, 0.2) is 30.5 Å². The molecule has 1 amide bonds. The zero-order valence-electron chi connectivity index (χ0n) is 11.7. The summed E-state index contributed by atoms with van der Waals surface area (Å²) in [5.74, 6) is 0. The molecule has 1 N–H and O–H groups in total. The van der Waals surface area contributed by atoms with E-state index in [2.05, 4.69) is 10.3 Å². The molecule has 1 aliphatic rings. The van der Waals surface area contributed by atoms with Gasteiger partial charge in [0.05, 0.1) is 12.1 Å². The molecule has 0 radical (unpaired) electrons. The summed E-state index contributed by atoms with van der Waals surface area (Å²) in [5, 5.41) is 5.02. The number of carbonyl (C=O) groups is 1. The normalized spacial score (nSPS) is 18.1. The molecule has 1 aromatic heterocycles. The number of hydrogen-bond acceptors (Lipinski definition) is 4. The van der Waals surface area contributed by atoms with Crippen LogP contribution in [0.1, 0.15) is 6.92 Å². The predicted molar refractivity (Wildman–Crippen MR) is 82.8 cm³/mol. The molecule has 0 bridgehead atoms. The molecule has 0 saturated carbocycles. The van der Waals surface area contributed by atoms with Gasteiger partial charge in [-0.05, 0) is 31.2 Å². The lowest BCUT2D eigenvalue weighted by atomic mass is 10.2. The first-order valence-electron chi connectivity index (χ1n) is 6.87. The minimum absolute atomic E-state index is 0.0265. The Balaban J connectivity index is 1.67. The molecule has 1 aliphatic heterocycles. The number of carbonyl (C=O) groups excluding carboxylic acids is 1. The van der Waals surface area contributed by atoms with Crippen molar-refractivity contribution in [3.05, 3.63) is 35.5 Å². The highest BCUT2D eigenvalue weighted by Gasteiger charge is 2.27. The van der Waals surface area contributed by atoms with Gasteiger partial charge in [-0.2, -0.15) is 0 Å². The van der Waals surface area contributed by atoms with E-state index in [1.165, 1.54) is 0 Å². The lowest BCUT2D eigenvalue weighted by Gasteiger charge is -2.14. The van der Waals surface area contributed by atoms with E-state index in [1.54, 1.807) is 11.1 Å². The van der Waals surface area contributed by atoms with Crippen LogP contribution in [0.4, 0.5) is 10.5 Å². The first-order valence-corrected chi connectivity index (χ1v) is 7.25. The molecule has 1 saturated heterocycles. The molecule has 21 heavy (non-hydrogen) atoms. The SMILES string of the molecule is CC1CN(CCNc2ccnc3cc(Cl)ccc23)C(=O)O1. The summed E-state index contributed by atoms with van der Waals surface area (Å²) in [5.41, 5.74) is 1.83. The van der Waals surface area contributed by atoms with Crippen LogP contribution in [0, 0.1) is 0 Å². The molecule has 2 heterocycles. The van der Waals surface area contributed by atoms with Crippen molar-refractivity contribution >= 4 is 34.3 Å². The highest BCUT2D eigenvalue weighted by Crippen LogP contribution is 2.24. The van der Waals surface area contributed by atoms with Gasteiger partial charge in [-0.25, -0.2) is 4.79 Å². The Hall–Kier alpha value is -2.01. The molecule has 6 heteroatoms. The maximum absolute atomic E-state index is 11.5. The van der Waals surface area contributed by atoms with Crippen molar-refractivity contribution in [1.29, 1.82) is 0 Å². The Morgan fingerprint density at radius 2 is 2.33 bits per heavy atom. The number of ether oxygens (including phenoxy) is 1. The number of halogens is 1. The molecule has 1 unspecified atom stereocenters. The standard InChI is InChI=1S/C15H16ClN3O2/c1-10-9-19(15(20)21-10)7-6-18-13-4-5-17-14-8-11(16)2-3-12(13)14/h2-5,8,10H,6-7,9H2,1H3,(H,17,18). The Labute approximate surface area is 127 Å². The van der Waals surface area contributed by atoms with Gasteiger partial charge in [0, 0.05) is 35.4 Å². The van der Waals surface area contributed by atoms with E-state index < -0.39 is 0 Å². The number of benzene rings is 1. The molecular formula is C15H16ClN3O2. The third-order valence-electron chi connectivity index (χ3n) is 3.44. The second-order valence-electron chi connectivity index (χ2n) is 5.09. The Morgan fingerprint density at radius 3 is 3.10 bits per heavy atom. The molecule has 1 fully saturated rings. The zero-order valence-corrected chi connectivity index (χ0v) is 12.4. The van der Waals surface area contributed by atoms with Gasteiger partial charge < -0.3 is 15.0 Å². The average molecular weight is 306 g/mol. The van der Waals surface area contributed by atoms with E-state index in [9.17, 15) is 4.79 Å². The van der Waals surface area contributed by atoms with E-state index in [0.29, 0.717) is 24.7 Å². The number of cyclic esters (lactones) is 1. The van der Waals surface area contributed by atoms with E-state index in [1.807, 2.05) is 31.2 Å². The number of fused-ring (bicyclic) bond motifs is 1. The molecule has 5 nitrogen and oxygen atoms in total. The second-order valence-corrected chi connectivity index (χ2v) is 5.52. The number of hydrogen-bond donors (Lipinski definition) is 1. The van der Waals surface area contributed by atoms with Gasteiger partial charge in [0.2, 0.25) is 0 Å². The third-order valence-corrected chi connectivity index (χ3v) is 3.67. The van der Waals surface area contributed by atoms with E-state index >= 15 is 0 Å². The summed E-state index contributed by atoms with van der Waals surface area (Å²) < 4.78 is 5.09. The zero-order chi connectivity index (χ0) is 14.8. The maximum Gasteiger partial charge on any atom is 0.410 e. The lowest BCUT2D eigenvalue weighted by molar-refractivity contribution is 0.139. The summed E-state index contributed by atoms with van der Waals surface area (Å²) in [6, 6.07) is 7.54. The minimum atomic E-state index is -0.240. The van der Waals surface area contributed by atoms with Crippen LogP contribution < -0.4 is 5.32 Å². The molecule has 2 aromatic rings. The van der Waals surface area contributed by atoms with Gasteiger partial charge in [0.15, 0.2) is 0 Å². The van der Waals surface area contributed by atoms with Crippen molar-refractivity contribution in [2.24, 2.45) is 0 Å². The van der Waals surface area contributed by atoms with Crippen LogP contribution in [0.2, 0.25) is 5.02 Å². The van der Waals surface area contributed by atoms with Crippen molar-refractivity contribution in [2.75, 3.05) is 25.0 Å². The largest absolute Gasteiger partial charge is 0.445 e. The van der Waals surface area contributed by atoms with Crippen LogP contribution in [0.25, 0.3) is 10.9 Å². The van der Waals surface area contributed by atoms with Crippen molar-refractivity contribution in [1.82, 2.24) is 9.88 Å². The number of amides is 1. The smallest absolute Gasteiger partial charge is 0.410 e. The number of pyridine rings is 1. The fourth-order valence-corrected chi connectivity index (χ4v) is 2.62. The van der Waals surface area contributed by atoms with E-state index in [4.69, 9.17) is 16.3 Å². The van der Waals surface area contributed by atoms with Crippen LogP contribution in [0.5, 0.6) is 0 Å². The maximum atomic E-state index is 11.5. The summed E-state index contributed by atoms with van der Waals surface area (Å²) in [6.07, 6.45) is 1.48. The third kappa shape index (κ3) is 3.03. The van der Waals surface area contributed by atoms with Crippen molar-refractivity contribution in [3.63, 3.8) is 0 Å². The highest BCUT2D eigenvalue weighted by atomic mass is 35.5. The van der Waals surface area contributed by atoms with Gasteiger partial charge in [0.1, 0.15) is 6.10 Å². The Bertz CT molecular complexity index is 677. The fraction of sp³-hybridized carbons (Fsp3) is 0.333. The topological polar surface area (TPSA) is 54.5 Å². The first-order chi connectivity index (χ1) is 10.1. The predicted octanol–water partition coefficient (Wildman–Crippen LogP) is 3.14. The summed E-state index contributed by atoms with van der Waals surface area (Å²) in [7, 11) is 0. The van der Waals surface area contributed by atoms with E-state index in [0.717, 1.165) is 16.6 Å². The Kier molecular flexibility index (Phi) is 3.84. The van der Waals surface area contributed by atoms with Crippen LogP contribution >= 0.6 is 11.6 Å². The molecule has 1 aromatic carbocycles. The number of rotatable bonds is 4. The quantitative estimate of drug-likeness (QED) is 0.943. The number of nitrogens with zero attached hydrogens (tertiary/aromatic N) is 2. The number of aromatic nitrogens is 1. The van der Waals surface area contributed by atoms with Crippen molar-refractivity contribution in [2.45, 2.75) is 13.0 Å².